The molecular formula is C14H25N3. The predicted octanol–water partition coefficient (Wildman–Crippen LogP) is 2.69. The highest BCUT2D eigenvalue weighted by atomic mass is 15.0. The molecule has 0 amide bonds. The van der Waals surface area contributed by atoms with Crippen molar-refractivity contribution in [2.45, 2.75) is 52.1 Å². The van der Waals surface area contributed by atoms with E-state index in [9.17, 15) is 0 Å². The maximum absolute atomic E-state index is 4.05. The van der Waals surface area contributed by atoms with Crippen LogP contribution in [0.4, 0.5) is 0 Å². The second kappa shape index (κ2) is 6.20. The van der Waals surface area contributed by atoms with Gasteiger partial charge >= 0.3 is 0 Å². The summed E-state index contributed by atoms with van der Waals surface area (Å²) in [7, 11) is 0. The number of hydrogen-bond donors (Lipinski definition) is 1. The van der Waals surface area contributed by atoms with E-state index in [1.54, 1.807) is 0 Å². The van der Waals surface area contributed by atoms with Gasteiger partial charge in [0.05, 0.1) is 6.33 Å². The lowest BCUT2D eigenvalue weighted by Crippen LogP contribution is -2.37. The SMILES string of the molecule is CC1CC(C)CC(NCCCn2ccnc2)C1. The molecule has 1 fully saturated rings. The van der Waals surface area contributed by atoms with E-state index in [-0.39, 0.29) is 0 Å². The van der Waals surface area contributed by atoms with Crippen LogP contribution in [0.15, 0.2) is 18.7 Å². The van der Waals surface area contributed by atoms with Gasteiger partial charge < -0.3 is 9.88 Å². The van der Waals surface area contributed by atoms with Crippen LogP contribution in [0.2, 0.25) is 0 Å². The molecule has 2 unspecified atom stereocenters. The lowest BCUT2D eigenvalue weighted by atomic mass is 9.80. The van der Waals surface area contributed by atoms with Crippen molar-refractivity contribution in [2.75, 3.05) is 6.54 Å². The van der Waals surface area contributed by atoms with Gasteiger partial charge in [-0.2, -0.15) is 0 Å². The minimum atomic E-state index is 0.747. The molecule has 0 bridgehead atoms. The molecule has 1 heterocycles. The molecule has 0 spiro atoms. The number of nitrogens with zero attached hydrogens (tertiary/aromatic N) is 2. The molecule has 1 saturated carbocycles. The van der Waals surface area contributed by atoms with Crippen molar-refractivity contribution >= 4 is 0 Å². The van der Waals surface area contributed by atoms with Crippen LogP contribution in [0, 0.1) is 11.8 Å². The zero-order valence-corrected chi connectivity index (χ0v) is 11.1. The Balaban J connectivity index is 1.61. The average molecular weight is 235 g/mol. The largest absolute Gasteiger partial charge is 0.337 e. The number of hydrogen-bond acceptors (Lipinski definition) is 2. The Hall–Kier alpha value is -0.830. The van der Waals surface area contributed by atoms with Gasteiger partial charge in [0, 0.05) is 25.0 Å². The third-order valence-electron chi connectivity index (χ3n) is 3.76. The van der Waals surface area contributed by atoms with Crippen molar-refractivity contribution < 1.29 is 0 Å². The fraction of sp³-hybridized carbons (Fsp3) is 0.786. The number of aryl methyl sites for hydroxylation is 1. The summed E-state index contributed by atoms with van der Waals surface area (Å²) in [6.07, 6.45) is 11.1. The first-order valence-corrected chi connectivity index (χ1v) is 6.93. The highest BCUT2D eigenvalue weighted by Gasteiger charge is 2.22. The second-order valence-electron chi connectivity index (χ2n) is 5.72. The van der Waals surface area contributed by atoms with E-state index in [4.69, 9.17) is 0 Å². The van der Waals surface area contributed by atoms with E-state index in [0.717, 1.165) is 31.0 Å². The van der Waals surface area contributed by atoms with Gasteiger partial charge in [0.15, 0.2) is 0 Å². The van der Waals surface area contributed by atoms with Crippen LogP contribution in [-0.2, 0) is 6.54 Å². The Kier molecular flexibility index (Phi) is 4.60. The Morgan fingerprint density at radius 3 is 2.65 bits per heavy atom. The minimum absolute atomic E-state index is 0.747. The molecule has 0 aromatic carbocycles. The summed E-state index contributed by atoms with van der Waals surface area (Å²) in [5, 5.41) is 3.71. The van der Waals surface area contributed by atoms with E-state index in [1.165, 1.54) is 25.7 Å². The van der Waals surface area contributed by atoms with Crippen molar-refractivity contribution in [3.63, 3.8) is 0 Å². The third-order valence-corrected chi connectivity index (χ3v) is 3.76. The van der Waals surface area contributed by atoms with Gasteiger partial charge in [-0.25, -0.2) is 4.98 Å². The maximum atomic E-state index is 4.05. The first kappa shape index (κ1) is 12.6. The normalized spacial score (nSPS) is 29.4. The minimum Gasteiger partial charge on any atom is -0.337 e. The van der Waals surface area contributed by atoms with Gasteiger partial charge in [-0.3, -0.25) is 0 Å². The topological polar surface area (TPSA) is 29.9 Å². The lowest BCUT2D eigenvalue weighted by molar-refractivity contribution is 0.238. The van der Waals surface area contributed by atoms with Crippen LogP contribution < -0.4 is 5.32 Å². The molecule has 2 atom stereocenters. The smallest absolute Gasteiger partial charge is 0.0945 e. The summed E-state index contributed by atoms with van der Waals surface area (Å²) in [6, 6.07) is 0.747. The molecule has 3 nitrogen and oxygen atoms in total. The predicted molar refractivity (Wildman–Crippen MR) is 70.8 cm³/mol. The Bertz CT molecular complexity index is 297. The highest BCUT2D eigenvalue weighted by Crippen LogP contribution is 2.28. The van der Waals surface area contributed by atoms with Gasteiger partial charge in [-0.05, 0) is 44.1 Å². The van der Waals surface area contributed by atoms with Crippen LogP contribution >= 0.6 is 0 Å². The lowest BCUT2D eigenvalue weighted by Gasteiger charge is -2.32. The Labute approximate surface area is 105 Å². The molecular weight excluding hydrogens is 210 g/mol. The quantitative estimate of drug-likeness (QED) is 0.795. The van der Waals surface area contributed by atoms with Crippen LogP contribution in [0.25, 0.3) is 0 Å². The van der Waals surface area contributed by atoms with Crippen molar-refractivity contribution in [3.05, 3.63) is 18.7 Å². The summed E-state index contributed by atoms with van der Waals surface area (Å²) in [6.45, 7) is 6.97. The summed E-state index contributed by atoms with van der Waals surface area (Å²) in [5.41, 5.74) is 0. The molecule has 96 valence electrons. The Morgan fingerprint density at radius 2 is 2.00 bits per heavy atom. The Morgan fingerprint density at radius 1 is 1.24 bits per heavy atom. The van der Waals surface area contributed by atoms with E-state index in [0.29, 0.717) is 0 Å². The van der Waals surface area contributed by atoms with E-state index < -0.39 is 0 Å². The number of rotatable bonds is 5. The second-order valence-corrected chi connectivity index (χ2v) is 5.72. The average Bonchev–Trinajstić information content (AvgIpc) is 2.76. The van der Waals surface area contributed by atoms with Crippen molar-refractivity contribution in [1.82, 2.24) is 14.9 Å². The van der Waals surface area contributed by atoms with E-state index >= 15 is 0 Å². The molecule has 17 heavy (non-hydrogen) atoms. The fourth-order valence-corrected chi connectivity index (χ4v) is 3.10. The first-order chi connectivity index (χ1) is 8.24. The highest BCUT2D eigenvalue weighted by molar-refractivity contribution is 4.80. The molecule has 0 radical (unpaired) electrons. The van der Waals surface area contributed by atoms with Crippen LogP contribution in [0.3, 0.4) is 0 Å². The zero-order valence-electron chi connectivity index (χ0n) is 11.1. The number of aromatic nitrogens is 2. The van der Waals surface area contributed by atoms with Crippen LogP contribution in [-0.4, -0.2) is 22.1 Å². The van der Waals surface area contributed by atoms with Crippen molar-refractivity contribution in [2.24, 2.45) is 11.8 Å². The monoisotopic (exact) mass is 235 g/mol. The van der Waals surface area contributed by atoms with Gasteiger partial charge in [-0.1, -0.05) is 13.8 Å². The molecule has 1 aliphatic carbocycles. The summed E-state index contributed by atoms with van der Waals surface area (Å²) in [5.74, 6) is 1.79. The molecule has 1 aromatic heterocycles. The molecule has 1 N–H and O–H groups in total. The van der Waals surface area contributed by atoms with Gasteiger partial charge in [0.25, 0.3) is 0 Å². The molecule has 0 saturated heterocycles. The standard InChI is InChI=1S/C14H25N3/c1-12-8-13(2)10-14(9-12)16-4-3-6-17-7-5-15-11-17/h5,7,11-14,16H,3-4,6,8-10H2,1-2H3. The fourth-order valence-electron chi connectivity index (χ4n) is 3.10. The summed E-state index contributed by atoms with van der Waals surface area (Å²) < 4.78 is 2.15. The van der Waals surface area contributed by atoms with Crippen LogP contribution in [0.5, 0.6) is 0 Å². The molecule has 1 aromatic rings. The van der Waals surface area contributed by atoms with E-state index in [2.05, 4.69) is 28.7 Å². The molecule has 2 rings (SSSR count). The van der Waals surface area contributed by atoms with Gasteiger partial charge in [-0.15, -0.1) is 0 Å². The molecule has 0 aliphatic heterocycles. The third kappa shape index (κ3) is 4.15. The first-order valence-electron chi connectivity index (χ1n) is 6.93. The number of nitrogens with one attached hydrogen (secondary N) is 1. The van der Waals surface area contributed by atoms with Gasteiger partial charge in [0.1, 0.15) is 0 Å². The summed E-state index contributed by atoms with van der Waals surface area (Å²) in [4.78, 5) is 4.05. The molecule has 3 heteroatoms. The van der Waals surface area contributed by atoms with Gasteiger partial charge in [0.2, 0.25) is 0 Å². The maximum Gasteiger partial charge on any atom is 0.0945 e. The van der Waals surface area contributed by atoms with E-state index in [1.807, 2.05) is 18.7 Å². The molecule has 1 aliphatic rings. The summed E-state index contributed by atoms with van der Waals surface area (Å²) >= 11 is 0. The van der Waals surface area contributed by atoms with Crippen LogP contribution in [0.1, 0.15) is 39.5 Å². The van der Waals surface area contributed by atoms with Crippen molar-refractivity contribution in [1.29, 1.82) is 0 Å². The zero-order chi connectivity index (χ0) is 12.1. The number of imidazole rings is 1. The van der Waals surface area contributed by atoms with Crippen molar-refractivity contribution in [3.8, 4) is 0 Å².